The van der Waals surface area contributed by atoms with E-state index in [2.05, 4.69) is 5.92 Å². The number of rotatable bonds is 4. The highest BCUT2D eigenvalue weighted by molar-refractivity contribution is 6.44. The second kappa shape index (κ2) is 6.16. The van der Waals surface area contributed by atoms with Crippen molar-refractivity contribution < 1.29 is 19.4 Å². The highest BCUT2D eigenvalue weighted by atomic mass is 35.5. The average Bonchev–Trinajstić information content (AvgIpc) is 2.83. The van der Waals surface area contributed by atoms with Gasteiger partial charge >= 0.3 is 5.97 Å². The Morgan fingerprint density at radius 1 is 1.42 bits per heavy atom. The van der Waals surface area contributed by atoms with Crippen LogP contribution < -0.4 is 4.74 Å². The molecule has 3 rings (SSSR count). The molecule has 0 spiro atoms. The second-order valence-electron chi connectivity index (χ2n) is 6.08. The number of carbonyl (C=O) groups excluding carboxylic acids is 1. The van der Waals surface area contributed by atoms with Gasteiger partial charge in [-0.2, -0.15) is 0 Å². The van der Waals surface area contributed by atoms with Crippen molar-refractivity contribution in [2.24, 2.45) is 5.41 Å². The molecule has 1 aromatic rings. The van der Waals surface area contributed by atoms with E-state index >= 15 is 0 Å². The molecule has 0 bridgehead atoms. The predicted molar refractivity (Wildman–Crippen MR) is 91.4 cm³/mol. The summed E-state index contributed by atoms with van der Waals surface area (Å²) in [5.41, 5.74) is 2.13. The molecule has 6 heteroatoms. The van der Waals surface area contributed by atoms with Gasteiger partial charge in [0.05, 0.1) is 5.02 Å². The number of aliphatic carboxylic acids is 1. The highest BCUT2D eigenvalue weighted by Crippen LogP contribution is 2.57. The first kappa shape index (κ1) is 16.9. The predicted octanol–water partition coefficient (Wildman–Crippen LogP) is 3.77. The molecule has 4 nitrogen and oxygen atoms in total. The first-order chi connectivity index (χ1) is 11.4. The number of ether oxygens (including phenoxy) is 1. The fourth-order valence-corrected chi connectivity index (χ4v) is 4.06. The van der Waals surface area contributed by atoms with Gasteiger partial charge in [-0.3, -0.25) is 4.79 Å². The molecular formula is C18H14Cl2O4. The van der Waals surface area contributed by atoms with Gasteiger partial charge in [-0.05, 0) is 36.1 Å². The first-order valence-corrected chi connectivity index (χ1v) is 8.18. The van der Waals surface area contributed by atoms with Crippen LogP contribution in [0.2, 0.25) is 10.0 Å². The smallest absolute Gasteiger partial charge is 0.341 e. The molecule has 0 radical (unpaired) electrons. The van der Waals surface area contributed by atoms with Crippen LogP contribution in [0, 0.1) is 17.8 Å². The third-order valence-electron chi connectivity index (χ3n) is 4.57. The van der Waals surface area contributed by atoms with Gasteiger partial charge in [0, 0.05) is 23.8 Å². The summed E-state index contributed by atoms with van der Waals surface area (Å²) in [4.78, 5) is 22.6. The molecule has 124 valence electrons. The number of halogens is 2. The summed E-state index contributed by atoms with van der Waals surface area (Å²) < 4.78 is 5.23. The first-order valence-electron chi connectivity index (χ1n) is 7.42. The van der Waals surface area contributed by atoms with Crippen LogP contribution in [0.4, 0.5) is 0 Å². The number of hydrogen-bond acceptors (Lipinski definition) is 3. The van der Waals surface area contributed by atoms with Crippen molar-refractivity contribution in [1.29, 1.82) is 0 Å². The molecular weight excluding hydrogens is 351 g/mol. The Kier molecular flexibility index (Phi) is 4.33. The summed E-state index contributed by atoms with van der Waals surface area (Å²) in [5, 5.41) is 9.19. The summed E-state index contributed by atoms with van der Waals surface area (Å²) in [6.07, 6.45) is 9.41. The van der Waals surface area contributed by atoms with Crippen molar-refractivity contribution in [3.63, 3.8) is 0 Å². The lowest BCUT2D eigenvalue weighted by atomic mass is 9.70. The largest absolute Gasteiger partial charge is 0.480 e. The number of ketones is 1. The number of terminal acetylenes is 1. The summed E-state index contributed by atoms with van der Waals surface area (Å²) in [6, 6.07) is 1.70. The molecule has 2 aliphatic rings. The number of carbonyl (C=O) groups is 2. The van der Waals surface area contributed by atoms with Gasteiger partial charge in [-0.25, -0.2) is 4.79 Å². The molecule has 2 aliphatic carbocycles. The van der Waals surface area contributed by atoms with E-state index in [0.717, 1.165) is 16.7 Å². The molecule has 0 amide bonds. The van der Waals surface area contributed by atoms with Crippen molar-refractivity contribution in [2.45, 2.75) is 25.7 Å². The van der Waals surface area contributed by atoms with Crippen molar-refractivity contribution in [1.82, 2.24) is 0 Å². The Morgan fingerprint density at radius 3 is 2.83 bits per heavy atom. The Labute approximate surface area is 149 Å². The molecule has 1 atom stereocenters. The van der Waals surface area contributed by atoms with Crippen LogP contribution in [-0.4, -0.2) is 23.5 Å². The number of allylic oxidation sites excluding steroid dienone is 2. The number of hydrogen-bond donors (Lipinski definition) is 1. The molecule has 0 saturated heterocycles. The van der Waals surface area contributed by atoms with Crippen LogP contribution in [0.15, 0.2) is 12.1 Å². The molecule has 1 aromatic carbocycles. The van der Waals surface area contributed by atoms with E-state index in [4.69, 9.17) is 39.5 Å². The SMILES string of the molecule is C#CCC12CCC(=O)C=C1c1c(cc(OCC(=O)O)c(Cl)c1Cl)C2. The number of benzene rings is 1. The van der Waals surface area contributed by atoms with Crippen molar-refractivity contribution in [2.75, 3.05) is 6.61 Å². The maximum atomic E-state index is 11.9. The van der Waals surface area contributed by atoms with Crippen LogP contribution in [0.3, 0.4) is 0 Å². The van der Waals surface area contributed by atoms with Crippen LogP contribution in [0.1, 0.15) is 30.4 Å². The zero-order valence-electron chi connectivity index (χ0n) is 12.7. The lowest BCUT2D eigenvalue weighted by Crippen LogP contribution is -2.25. The van der Waals surface area contributed by atoms with Gasteiger partial charge in [0.2, 0.25) is 0 Å². The van der Waals surface area contributed by atoms with Crippen molar-refractivity contribution in [3.8, 4) is 18.1 Å². The molecule has 24 heavy (non-hydrogen) atoms. The van der Waals surface area contributed by atoms with Gasteiger partial charge in [0.25, 0.3) is 0 Å². The Bertz CT molecular complexity index is 819. The third kappa shape index (κ3) is 2.68. The maximum absolute atomic E-state index is 11.9. The average molecular weight is 365 g/mol. The molecule has 0 saturated carbocycles. The minimum Gasteiger partial charge on any atom is -0.480 e. The second-order valence-corrected chi connectivity index (χ2v) is 6.84. The Hall–Kier alpha value is -1.96. The molecule has 1 N–H and O–H groups in total. The van der Waals surface area contributed by atoms with Gasteiger partial charge in [-0.15, -0.1) is 12.3 Å². The lowest BCUT2D eigenvalue weighted by molar-refractivity contribution is -0.139. The van der Waals surface area contributed by atoms with E-state index in [1.165, 1.54) is 0 Å². The highest BCUT2D eigenvalue weighted by Gasteiger charge is 2.45. The fourth-order valence-electron chi connectivity index (χ4n) is 3.54. The lowest BCUT2D eigenvalue weighted by Gasteiger charge is -2.32. The molecule has 0 heterocycles. The van der Waals surface area contributed by atoms with E-state index < -0.39 is 12.6 Å². The summed E-state index contributed by atoms with van der Waals surface area (Å²) >= 11 is 12.7. The Morgan fingerprint density at radius 2 is 2.17 bits per heavy atom. The minimum atomic E-state index is -1.10. The minimum absolute atomic E-state index is 0.0453. The molecule has 1 unspecified atom stereocenters. The molecule has 0 aromatic heterocycles. The number of carboxylic acids is 1. The topological polar surface area (TPSA) is 63.6 Å². The summed E-state index contributed by atoms with van der Waals surface area (Å²) in [5.74, 6) is 1.87. The quantitative estimate of drug-likeness (QED) is 0.825. The zero-order chi connectivity index (χ0) is 17.5. The molecule has 0 fully saturated rings. The van der Waals surface area contributed by atoms with E-state index in [1.807, 2.05) is 0 Å². The van der Waals surface area contributed by atoms with Crippen LogP contribution in [0.25, 0.3) is 5.57 Å². The molecule has 0 aliphatic heterocycles. The van der Waals surface area contributed by atoms with Gasteiger partial charge in [0.15, 0.2) is 12.4 Å². The van der Waals surface area contributed by atoms with Gasteiger partial charge < -0.3 is 9.84 Å². The van der Waals surface area contributed by atoms with Gasteiger partial charge in [0.1, 0.15) is 10.8 Å². The zero-order valence-corrected chi connectivity index (χ0v) is 14.2. The van der Waals surface area contributed by atoms with Gasteiger partial charge in [-0.1, -0.05) is 23.2 Å². The normalized spacial score (nSPS) is 21.5. The fraction of sp³-hybridized carbons (Fsp3) is 0.333. The summed E-state index contributed by atoms with van der Waals surface area (Å²) in [6.45, 7) is -0.508. The number of carboxylic acid groups (broad SMARTS) is 1. The van der Waals surface area contributed by atoms with E-state index in [0.29, 0.717) is 25.7 Å². The van der Waals surface area contributed by atoms with Crippen LogP contribution in [0.5, 0.6) is 5.75 Å². The maximum Gasteiger partial charge on any atom is 0.341 e. The third-order valence-corrected chi connectivity index (χ3v) is 5.42. The number of fused-ring (bicyclic) bond motifs is 3. The Balaban J connectivity index is 2.12. The van der Waals surface area contributed by atoms with E-state index in [9.17, 15) is 9.59 Å². The van der Waals surface area contributed by atoms with Crippen molar-refractivity contribution in [3.05, 3.63) is 33.3 Å². The summed E-state index contributed by atoms with van der Waals surface area (Å²) in [7, 11) is 0. The van der Waals surface area contributed by atoms with E-state index in [-0.39, 0.29) is 27.0 Å². The van der Waals surface area contributed by atoms with Crippen LogP contribution >= 0.6 is 23.2 Å². The van der Waals surface area contributed by atoms with E-state index in [1.54, 1.807) is 12.1 Å². The van der Waals surface area contributed by atoms with Crippen LogP contribution in [-0.2, 0) is 16.0 Å². The standard InChI is InChI=1S/C18H14Cl2O4/c1-2-4-18-5-3-11(21)7-12(18)15-10(8-18)6-13(16(19)17(15)20)24-9-14(22)23/h1,6-7H,3-5,8-9H2,(H,22,23). The monoisotopic (exact) mass is 364 g/mol. The van der Waals surface area contributed by atoms with Crippen molar-refractivity contribution >= 4 is 40.5 Å².